The van der Waals surface area contributed by atoms with Crippen LogP contribution >= 0.6 is 11.3 Å². The second-order valence-electron chi connectivity index (χ2n) is 10.9. The van der Waals surface area contributed by atoms with Gasteiger partial charge in [-0.1, -0.05) is 6.07 Å². The molecule has 2 heterocycles. The summed E-state index contributed by atoms with van der Waals surface area (Å²) in [5, 5.41) is 14.2. The first-order valence-electron chi connectivity index (χ1n) is 15.2. The van der Waals surface area contributed by atoms with Gasteiger partial charge in [0.15, 0.2) is 23.0 Å². The number of fused-ring (bicyclic) bond motifs is 1. The van der Waals surface area contributed by atoms with Crippen LogP contribution < -0.4 is 54.2 Å². The van der Waals surface area contributed by atoms with Gasteiger partial charge in [-0.2, -0.15) is 0 Å². The van der Waals surface area contributed by atoms with E-state index in [9.17, 15) is 24.5 Å². The van der Waals surface area contributed by atoms with Gasteiger partial charge in [-0.25, -0.2) is 4.79 Å². The normalized spacial score (nSPS) is 13.9. The molecule has 3 aromatic carbocycles. The molecule has 5 rings (SSSR count). The van der Waals surface area contributed by atoms with Crippen LogP contribution in [0, 0.1) is 10.1 Å². The van der Waals surface area contributed by atoms with Crippen LogP contribution in [0.1, 0.15) is 17.0 Å². The lowest BCUT2D eigenvalue weighted by Gasteiger charge is -2.28. The standard InChI is InChI=1S/C35H34N4O12S/c1-45-21-11-17(12-22(46-2)29(21)49-5)13-25-33(41)38-31(36)27(35(42)51-7)26(18-14-23(47-3)30(50-6)24(15-18)48-4)28(34(38)52-25)32(40)37-19-9-8-10-20(16-19)39(43)44/h8-16,26H,36H2,1-7H3,(H,37,40)/b25-13+. The first-order chi connectivity index (χ1) is 25.0. The predicted molar refractivity (Wildman–Crippen MR) is 191 cm³/mol. The molecule has 1 atom stereocenters. The van der Waals surface area contributed by atoms with Crippen molar-refractivity contribution in [2.45, 2.75) is 5.92 Å². The summed E-state index contributed by atoms with van der Waals surface area (Å²) >= 11 is 0.922. The van der Waals surface area contributed by atoms with Crippen LogP contribution in [-0.2, 0) is 14.3 Å². The molecule has 3 N–H and O–H groups in total. The summed E-state index contributed by atoms with van der Waals surface area (Å²) in [5.74, 6) is -1.70. The van der Waals surface area contributed by atoms with Crippen LogP contribution in [-0.4, -0.2) is 71.1 Å². The number of nitro groups is 1. The fraction of sp³-hybridized carbons (Fsp3) is 0.229. The van der Waals surface area contributed by atoms with Crippen LogP contribution in [0.2, 0.25) is 0 Å². The van der Waals surface area contributed by atoms with E-state index in [0.717, 1.165) is 23.0 Å². The lowest BCUT2D eigenvalue weighted by molar-refractivity contribution is -0.384. The number of carbonyl (C=O) groups is 2. The third-order valence-electron chi connectivity index (χ3n) is 8.12. The number of benzene rings is 3. The lowest BCUT2D eigenvalue weighted by atomic mass is 9.82. The molecule has 0 fully saturated rings. The largest absolute Gasteiger partial charge is 0.493 e. The topological polar surface area (TPSA) is 202 Å². The third-order valence-corrected chi connectivity index (χ3v) is 9.23. The summed E-state index contributed by atoms with van der Waals surface area (Å²) < 4.78 is 39.4. The molecule has 1 aliphatic rings. The van der Waals surface area contributed by atoms with Gasteiger partial charge in [-0.05, 0) is 47.5 Å². The minimum atomic E-state index is -1.29. The molecule has 1 unspecified atom stereocenters. The smallest absolute Gasteiger partial charge is 0.338 e. The van der Waals surface area contributed by atoms with Crippen LogP contribution in [0.3, 0.4) is 0 Å². The van der Waals surface area contributed by atoms with Crippen LogP contribution in [0.4, 0.5) is 11.4 Å². The molecular formula is C35H34N4O12S. The van der Waals surface area contributed by atoms with E-state index in [1.54, 1.807) is 18.2 Å². The summed E-state index contributed by atoms with van der Waals surface area (Å²) in [6.07, 6.45) is 1.54. The van der Waals surface area contributed by atoms with E-state index in [1.165, 1.54) is 79.1 Å². The Labute approximate surface area is 300 Å². The third kappa shape index (κ3) is 6.56. The SMILES string of the molecule is COC(=O)C1=C(N)n2c(s/c(=C/c3cc(OC)c(OC)c(OC)c3)c2=O)=C(C(=O)Nc2cccc([N+](=O)[O-])c2)C1c1cc(OC)c(OC)c(OC)c1. The zero-order valence-corrected chi connectivity index (χ0v) is 29.9. The maximum atomic E-state index is 14.5. The Hall–Kier alpha value is -6.49. The van der Waals surface area contributed by atoms with E-state index >= 15 is 0 Å². The van der Waals surface area contributed by atoms with Gasteiger partial charge in [0.05, 0.1) is 76.3 Å². The molecule has 1 amide bonds. The monoisotopic (exact) mass is 734 g/mol. The maximum absolute atomic E-state index is 14.5. The molecule has 52 heavy (non-hydrogen) atoms. The van der Waals surface area contributed by atoms with E-state index in [0.29, 0.717) is 22.8 Å². The Morgan fingerprint density at radius 3 is 1.90 bits per heavy atom. The first-order valence-corrected chi connectivity index (χ1v) is 16.0. The Bertz CT molecular complexity index is 2260. The number of nitrogens with two attached hydrogens (primary N) is 1. The zero-order chi connectivity index (χ0) is 37.9. The molecule has 272 valence electrons. The fourth-order valence-electron chi connectivity index (χ4n) is 5.81. The van der Waals surface area contributed by atoms with Crippen LogP contribution in [0.5, 0.6) is 34.5 Å². The van der Waals surface area contributed by atoms with Gasteiger partial charge in [0, 0.05) is 17.8 Å². The van der Waals surface area contributed by atoms with Crippen molar-refractivity contribution >= 4 is 52.1 Å². The van der Waals surface area contributed by atoms with E-state index in [1.807, 2.05) is 0 Å². The summed E-state index contributed by atoms with van der Waals surface area (Å²) in [6.45, 7) is 0. The molecule has 1 aliphatic heterocycles. The van der Waals surface area contributed by atoms with Crippen molar-refractivity contribution in [1.82, 2.24) is 4.57 Å². The van der Waals surface area contributed by atoms with Gasteiger partial charge in [0.25, 0.3) is 17.2 Å². The summed E-state index contributed by atoms with van der Waals surface area (Å²) in [6, 6.07) is 11.6. The van der Waals surface area contributed by atoms with Gasteiger partial charge in [0.1, 0.15) is 10.5 Å². The highest BCUT2D eigenvalue weighted by Gasteiger charge is 2.40. The number of methoxy groups -OCH3 is 7. The number of nitrogens with one attached hydrogen (secondary N) is 1. The molecule has 0 aliphatic carbocycles. The number of esters is 1. The number of non-ortho nitro benzene ring substituents is 1. The number of hydrogen-bond acceptors (Lipinski definition) is 14. The van der Waals surface area contributed by atoms with E-state index in [-0.39, 0.29) is 60.3 Å². The summed E-state index contributed by atoms with van der Waals surface area (Å²) in [5.41, 5.74) is 6.22. The summed E-state index contributed by atoms with van der Waals surface area (Å²) in [7, 11) is 9.70. The zero-order valence-electron chi connectivity index (χ0n) is 29.1. The molecule has 0 saturated carbocycles. The van der Waals surface area contributed by atoms with E-state index in [2.05, 4.69) is 5.32 Å². The van der Waals surface area contributed by atoms with Gasteiger partial charge in [-0.15, -0.1) is 11.3 Å². The number of nitro benzene ring substituents is 1. The van der Waals surface area contributed by atoms with Crippen molar-refractivity contribution in [3.8, 4) is 34.5 Å². The van der Waals surface area contributed by atoms with Crippen molar-refractivity contribution in [2.24, 2.45) is 5.73 Å². The van der Waals surface area contributed by atoms with Gasteiger partial charge < -0.3 is 44.2 Å². The highest BCUT2D eigenvalue weighted by Crippen LogP contribution is 2.45. The van der Waals surface area contributed by atoms with Crippen molar-refractivity contribution < 1.29 is 47.7 Å². The fourth-order valence-corrected chi connectivity index (χ4v) is 6.99. The Kier molecular flexibility index (Phi) is 10.7. The van der Waals surface area contributed by atoms with Crippen LogP contribution in [0.15, 0.2) is 58.9 Å². The average Bonchev–Trinajstić information content (AvgIpc) is 3.47. The first kappa shape index (κ1) is 36.8. The number of thiazole rings is 1. The van der Waals surface area contributed by atoms with Gasteiger partial charge in [-0.3, -0.25) is 24.3 Å². The lowest BCUT2D eigenvalue weighted by Crippen LogP contribution is -2.42. The average molecular weight is 735 g/mol. The number of amides is 1. The predicted octanol–water partition coefficient (Wildman–Crippen LogP) is 2.59. The van der Waals surface area contributed by atoms with E-state index in [4.69, 9.17) is 38.9 Å². The summed E-state index contributed by atoms with van der Waals surface area (Å²) in [4.78, 5) is 53.3. The van der Waals surface area contributed by atoms with Crippen molar-refractivity contribution in [2.75, 3.05) is 55.1 Å². The molecule has 1 aromatic heterocycles. The number of hydrogen-bond donors (Lipinski definition) is 2. The van der Waals surface area contributed by atoms with E-state index < -0.39 is 28.3 Å². The Morgan fingerprint density at radius 1 is 0.846 bits per heavy atom. The molecule has 0 radical (unpaired) electrons. The molecule has 0 spiro atoms. The Balaban J connectivity index is 1.89. The highest BCUT2D eigenvalue weighted by molar-refractivity contribution is 7.07. The maximum Gasteiger partial charge on any atom is 0.338 e. The van der Waals surface area contributed by atoms with Gasteiger partial charge in [0.2, 0.25) is 11.5 Å². The number of aromatic nitrogens is 1. The minimum Gasteiger partial charge on any atom is -0.493 e. The number of carbonyl (C=O) groups excluding carboxylic acids is 2. The molecule has 17 heteroatoms. The van der Waals surface area contributed by atoms with Gasteiger partial charge >= 0.3 is 5.97 Å². The number of anilines is 1. The highest BCUT2D eigenvalue weighted by atomic mass is 32.1. The number of ether oxygens (including phenoxy) is 7. The second-order valence-corrected chi connectivity index (χ2v) is 11.9. The second kappa shape index (κ2) is 15.2. The Morgan fingerprint density at radius 2 is 1.40 bits per heavy atom. The molecule has 0 bridgehead atoms. The quantitative estimate of drug-likeness (QED) is 0.122. The molecule has 16 nitrogen and oxygen atoms in total. The van der Waals surface area contributed by atoms with Crippen molar-refractivity contribution in [3.63, 3.8) is 0 Å². The molecular weight excluding hydrogens is 700 g/mol. The van der Waals surface area contributed by atoms with Crippen molar-refractivity contribution in [3.05, 3.63) is 94.9 Å². The van der Waals surface area contributed by atoms with Crippen molar-refractivity contribution in [1.29, 1.82) is 0 Å². The van der Waals surface area contributed by atoms with Crippen LogP contribution in [0.25, 0.3) is 17.5 Å². The molecule has 0 saturated heterocycles. The molecule has 4 aromatic rings. The number of rotatable bonds is 12. The minimum absolute atomic E-state index is 0.0653. The number of nitrogens with zero attached hydrogens (tertiary/aromatic N) is 2.